The van der Waals surface area contributed by atoms with Crippen LogP contribution in [0.15, 0.2) is 18.3 Å². The fourth-order valence-corrected chi connectivity index (χ4v) is 2.15. The molecule has 94 valence electrons. The minimum absolute atomic E-state index is 0.0673. The summed E-state index contributed by atoms with van der Waals surface area (Å²) in [6.45, 7) is 4.18. The summed E-state index contributed by atoms with van der Waals surface area (Å²) in [7, 11) is 0. The van der Waals surface area contributed by atoms with E-state index in [0.717, 1.165) is 17.9 Å². The number of anilines is 1. The van der Waals surface area contributed by atoms with Crippen LogP contribution in [0.4, 0.5) is 11.5 Å². The van der Waals surface area contributed by atoms with Crippen LogP contribution in [-0.2, 0) is 0 Å². The lowest BCUT2D eigenvalue weighted by molar-refractivity contribution is -0.384. The van der Waals surface area contributed by atoms with Crippen molar-refractivity contribution in [3.05, 3.63) is 28.4 Å². The minimum Gasteiger partial charge on any atom is -0.367 e. The molecule has 0 saturated carbocycles. The zero-order valence-electron chi connectivity index (χ0n) is 10.0. The van der Waals surface area contributed by atoms with E-state index in [1.54, 1.807) is 0 Å². The predicted molar refractivity (Wildman–Crippen MR) is 71.6 cm³/mol. The number of aromatic nitrogens is 1. The zero-order chi connectivity index (χ0) is 12.7. The number of nitrogens with one attached hydrogen (secondary N) is 1. The topological polar surface area (TPSA) is 68.1 Å². The fraction of sp³-hybridized carbons (Fsp3) is 0.545. The highest BCUT2D eigenvalue weighted by Crippen LogP contribution is 2.16. The van der Waals surface area contributed by atoms with Crippen molar-refractivity contribution in [1.29, 1.82) is 0 Å². The quantitative estimate of drug-likeness (QED) is 0.461. The molecule has 1 atom stereocenters. The third kappa shape index (κ3) is 5.04. The van der Waals surface area contributed by atoms with E-state index in [0.29, 0.717) is 5.82 Å². The molecule has 6 heteroatoms. The lowest BCUT2D eigenvalue weighted by Crippen LogP contribution is -2.16. The number of pyridine rings is 1. The summed E-state index contributed by atoms with van der Waals surface area (Å²) < 4.78 is 0. The molecular formula is C11H17N3O2S. The Morgan fingerprint density at radius 3 is 3.06 bits per heavy atom. The Balaban J connectivity index is 2.50. The van der Waals surface area contributed by atoms with Gasteiger partial charge in [0.15, 0.2) is 0 Å². The molecule has 0 aliphatic rings. The number of nitro groups is 1. The van der Waals surface area contributed by atoms with Crippen LogP contribution in [0, 0.1) is 10.1 Å². The van der Waals surface area contributed by atoms with Gasteiger partial charge in [0.1, 0.15) is 5.82 Å². The Kier molecular flexibility index (Phi) is 5.76. The Labute approximate surface area is 105 Å². The van der Waals surface area contributed by atoms with E-state index in [2.05, 4.69) is 24.1 Å². The molecule has 1 rings (SSSR count). The highest BCUT2D eigenvalue weighted by atomic mass is 32.2. The van der Waals surface area contributed by atoms with E-state index >= 15 is 0 Å². The van der Waals surface area contributed by atoms with E-state index < -0.39 is 4.92 Å². The molecule has 0 spiro atoms. The lowest BCUT2D eigenvalue weighted by Gasteiger charge is -2.13. The van der Waals surface area contributed by atoms with Gasteiger partial charge < -0.3 is 5.32 Å². The summed E-state index contributed by atoms with van der Waals surface area (Å²) in [4.78, 5) is 14.3. The summed E-state index contributed by atoms with van der Waals surface area (Å²) in [6, 6.07) is 3.12. The molecule has 0 bridgehead atoms. The second kappa shape index (κ2) is 7.11. The van der Waals surface area contributed by atoms with Gasteiger partial charge in [0.25, 0.3) is 5.69 Å². The minimum atomic E-state index is -0.412. The van der Waals surface area contributed by atoms with Crippen molar-refractivity contribution in [3.63, 3.8) is 0 Å². The van der Waals surface area contributed by atoms with Gasteiger partial charge in [-0.1, -0.05) is 6.92 Å². The van der Waals surface area contributed by atoms with Gasteiger partial charge in [0, 0.05) is 18.3 Å². The molecule has 0 aliphatic heterocycles. The van der Waals surface area contributed by atoms with Crippen LogP contribution in [0.3, 0.4) is 0 Å². The van der Waals surface area contributed by atoms with Crippen molar-refractivity contribution in [3.8, 4) is 0 Å². The van der Waals surface area contributed by atoms with Crippen molar-refractivity contribution in [2.75, 3.05) is 16.8 Å². The molecule has 1 N–H and O–H groups in total. The smallest absolute Gasteiger partial charge is 0.274 e. The molecule has 5 nitrogen and oxygen atoms in total. The van der Waals surface area contributed by atoms with Crippen molar-refractivity contribution < 1.29 is 4.92 Å². The number of hydrogen-bond donors (Lipinski definition) is 1. The molecule has 0 saturated heterocycles. The third-order valence-corrected chi connectivity index (χ3v) is 3.18. The molecule has 1 heterocycles. The zero-order valence-corrected chi connectivity index (χ0v) is 10.9. The van der Waals surface area contributed by atoms with Crippen LogP contribution in [0.1, 0.15) is 20.3 Å². The first kappa shape index (κ1) is 13.8. The largest absolute Gasteiger partial charge is 0.367 e. The van der Waals surface area contributed by atoms with E-state index in [-0.39, 0.29) is 11.7 Å². The Morgan fingerprint density at radius 2 is 2.41 bits per heavy atom. The van der Waals surface area contributed by atoms with Crippen molar-refractivity contribution in [2.45, 2.75) is 26.3 Å². The van der Waals surface area contributed by atoms with Gasteiger partial charge in [-0.3, -0.25) is 10.1 Å². The maximum atomic E-state index is 10.6. The molecule has 1 aromatic rings. The van der Waals surface area contributed by atoms with Gasteiger partial charge in [-0.25, -0.2) is 4.98 Å². The van der Waals surface area contributed by atoms with Crippen LogP contribution in [0.25, 0.3) is 0 Å². The van der Waals surface area contributed by atoms with Crippen molar-refractivity contribution in [2.24, 2.45) is 0 Å². The first-order valence-corrected chi connectivity index (χ1v) is 6.73. The van der Waals surface area contributed by atoms with Gasteiger partial charge in [0.05, 0.1) is 11.0 Å². The van der Waals surface area contributed by atoms with Gasteiger partial charge in [-0.2, -0.15) is 11.8 Å². The van der Waals surface area contributed by atoms with Crippen molar-refractivity contribution >= 4 is 23.3 Å². The molecule has 0 aromatic carbocycles. The monoisotopic (exact) mass is 255 g/mol. The lowest BCUT2D eigenvalue weighted by atomic mass is 10.2. The third-order valence-electron chi connectivity index (χ3n) is 2.25. The first-order chi connectivity index (χ1) is 8.13. The Hall–Kier alpha value is -1.30. The van der Waals surface area contributed by atoms with Crippen LogP contribution >= 0.6 is 11.8 Å². The number of rotatable bonds is 7. The summed E-state index contributed by atoms with van der Waals surface area (Å²) >= 11 is 1.89. The van der Waals surface area contributed by atoms with Crippen LogP contribution in [0.2, 0.25) is 0 Å². The second-order valence-electron chi connectivity index (χ2n) is 3.69. The molecule has 17 heavy (non-hydrogen) atoms. The average Bonchev–Trinajstić information content (AvgIpc) is 2.29. The van der Waals surface area contributed by atoms with E-state index in [1.165, 1.54) is 18.3 Å². The summed E-state index contributed by atoms with van der Waals surface area (Å²) in [6.07, 6.45) is 2.47. The number of hydrogen-bond acceptors (Lipinski definition) is 5. The maximum Gasteiger partial charge on any atom is 0.274 e. The molecule has 1 unspecified atom stereocenters. The Bertz CT molecular complexity index is 373. The van der Waals surface area contributed by atoms with Gasteiger partial charge in [-0.05, 0) is 24.9 Å². The second-order valence-corrected chi connectivity index (χ2v) is 5.08. The normalized spacial score (nSPS) is 12.1. The van der Waals surface area contributed by atoms with E-state index in [4.69, 9.17) is 0 Å². The molecule has 0 aliphatic carbocycles. The molecule has 0 amide bonds. The molecule has 0 radical (unpaired) electrons. The van der Waals surface area contributed by atoms with Gasteiger partial charge in [0.2, 0.25) is 0 Å². The fourth-order valence-electron chi connectivity index (χ4n) is 1.34. The molecule has 1 aromatic heterocycles. The summed E-state index contributed by atoms with van der Waals surface area (Å²) in [5.41, 5.74) is 0.0673. The average molecular weight is 255 g/mol. The molecule has 0 fully saturated rings. The van der Waals surface area contributed by atoms with Gasteiger partial charge in [-0.15, -0.1) is 0 Å². The number of nitrogens with zero attached hydrogens (tertiary/aromatic N) is 2. The summed E-state index contributed by atoms with van der Waals surface area (Å²) in [5.74, 6) is 2.76. The first-order valence-electron chi connectivity index (χ1n) is 5.58. The standard InChI is InChI=1S/C11H17N3O2S/c1-3-17-7-5-9(2)13-11-8-10(14(15)16)4-6-12-11/h4,6,8-9H,3,5,7H2,1-2H3,(H,12,13). The number of thioether (sulfide) groups is 1. The Morgan fingerprint density at radius 1 is 1.65 bits per heavy atom. The maximum absolute atomic E-state index is 10.6. The molecular weight excluding hydrogens is 238 g/mol. The van der Waals surface area contributed by atoms with E-state index in [1.807, 2.05) is 11.8 Å². The predicted octanol–water partition coefficient (Wildman–Crippen LogP) is 2.93. The van der Waals surface area contributed by atoms with Gasteiger partial charge >= 0.3 is 0 Å². The highest BCUT2D eigenvalue weighted by molar-refractivity contribution is 7.99. The highest BCUT2D eigenvalue weighted by Gasteiger charge is 2.08. The van der Waals surface area contributed by atoms with Crippen LogP contribution < -0.4 is 5.32 Å². The van der Waals surface area contributed by atoms with Crippen LogP contribution in [-0.4, -0.2) is 27.5 Å². The van der Waals surface area contributed by atoms with E-state index in [9.17, 15) is 10.1 Å². The summed E-state index contributed by atoms with van der Waals surface area (Å²) in [5, 5.41) is 13.8. The van der Waals surface area contributed by atoms with Crippen molar-refractivity contribution in [1.82, 2.24) is 4.98 Å². The van der Waals surface area contributed by atoms with Crippen LogP contribution in [0.5, 0.6) is 0 Å². The SMILES string of the molecule is CCSCCC(C)Nc1cc([N+](=O)[O-])ccn1.